The molecule has 0 saturated heterocycles. The van der Waals surface area contributed by atoms with Gasteiger partial charge in [-0.2, -0.15) is 0 Å². The summed E-state index contributed by atoms with van der Waals surface area (Å²) in [5.41, 5.74) is 24.1. The third kappa shape index (κ3) is 7.44. The average molecular weight is 815 g/mol. The minimum Gasteiger partial charge on any atom is -0.330 e. The molecule has 8 aromatic rings. The van der Waals surface area contributed by atoms with Crippen molar-refractivity contribution < 1.29 is 0 Å². The van der Waals surface area contributed by atoms with Crippen LogP contribution in [0.1, 0.15) is 86.3 Å². The molecule has 314 valence electrons. The van der Waals surface area contributed by atoms with E-state index in [0.717, 1.165) is 56.7 Å². The van der Waals surface area contributed by atoms with Crippen LogP contribution in [0.5, 0.6) is 0 Å². The molecule has 4 nitrogen and oxygen atoms in total. The Hall–Kier alpha value is -6.26. The zero-order valence-corrected chi connectivity index (χ0v) is 39.3. The van der Waals surface area contributed by atoms with E-state index in [9.17, 15) is 0 Å². The first-order chi connectivity index (χ1) is 29.4. The Morgan fingerprint density at radius 1 is 0.387 bits per heavy atom. The van der Waals surface area contributed by atoms with Crippen LogP contribution in [-0.4, -0.2) is 19.1 Å². The maximum absolute atomic E-state index is 5.59. The molecule has 0 unspecified atom stereocenters. The van der Waals surface area contributed by atoms with Gasteiger partial charge in [0.1, 0.15) is 11.6 Å². The molecule has 6 aromatic carbocycles. The molecule has 0 aliphatic heterocycles. The quantitative estimate of drug-likeness (QED) is 0.161. The highest BCUT2D eigenvalue weighted by Crippen LogP contribution is 2.44. The zero-order chi connectivity index (χ0) is 44.4. The predicted molar refractivity (Wildman–Crippen MR) is 264 cm³/mol. The van der Waals surface area contributed by atoms with Gasteiger partial charge in [0.15, 0.2) is 0 Å². The summed E-state index contributed by atoms with van der Waals surface area (Å²) < 4.78 is 4.57. The lowest BCUT2D eigenvalue weighted by Crippen LogP contribution is -2.17. The zero-order valence-electron chi connectivity index (χ0n) is 39.3. The number of nitrogens with zero attached hydrogens (tertiary/aromatic N) is 4. The van der Waals surface area contributed by atoms with Gasteiger partial charge in [0, 0.05) is 47.3 Å². The van der Waals surface area contributed by atoms with Crippen molar-refractivity contribution in [2.45, 2.75) is 93.9 Å². The summed E-state index contributed by atoms with van der Waals surface area (Å²) in [5.74, 6) is 2.02. The van der Waals surface area contributed by atoms with Crippen molar-refractivity contribution in [3.63, 3.8) is 0 Å². The van der Waals surface area contributed by atoms with Gasteiger partial charge in [0.05, 0.1) is 22.8 Å². The molecule has 2 aromatic heterocycles. The fraction of sp³-hybridized carbons (Fsp3) is 0.276. The minimum absolute atomic E-state index is 0.0700. The topological polar surface area (TPSA) is 35.6 Å². The van der Waals surface area contributed by atoms with E-state index >= 15 is 0 Å². The number of rotatable bonds is 7. The molecule has 2 heterocycles. The summed E-state index contributed by atoms with van der Waals surface area (Å²) in [6.45, 7) is 27.2. The Balaban J connectivity index is 1.24. The summed E-state index contributed by atoms with van der Waals surface area (Å²) in [6.07, 6.45) is 0. The Bertz CT molecular complexity index is 2940. The van der Waals surface area contributed by atoms with Gasteiger partial charge >= 0.3 is 0 Å². The summed E-state index contributed by atoms with van der Waals surface area (Å²) >= 11 is 0. The van der Waals surface area contributed by atoms with Crippen LogP contribution in [0, 0.1) is 41.5 Å². The van der Waals surface area contributed by atoms with Crippen LogP contribution >= 0.6 is 0 Å². The molecular weight excluding hydrogens is 753 g/mol. The van der Waals surface area contributed by atoms with E-state index in [-0.39, 0.29) is 10.8 Å². The number of aromatic nitrogens is 4. The van der Waals surface area contributed by atoms with Gasteiger partial charge in [-0.3, -0.25) is 0 Å². The van der Waals surface area contributed by atoms with E-state index in [4.69, 9.17) is 9.97 Å². The Morgan fingerprint density at radius 3 is 1.32 bits per heavy atom. The van der Waals surface area contributed by atoms with Gasteiger partial charge in [-0.05, 0) is 108 Å². The Morgan fingerprint density at radius 2 is 0.790 bits per heavy atom. The molecule has 0 bridgehead atoms. The number of benzene rings is 6. The van der Waals surface area contributed by atoms with E-state index < -0.39 is 0 Å². The molecule has 0 aliphatic rings. The van der Waals surface area contributed by atoms with Crippen LogP contribution in [-0.2, 0) is 24.9 Å². The molecule has 0 atom stereocenters. The van der Waals surface area contributed by atoms with Crippen LogP contribution in [0.3, 0.4) is 0 Å². The van der Waals surface area contributed by atoms with Crippen molar-refractivity contribution in [2.24, 2.45) is 14.1 Å². The van der Waals surface area contributed by atoms with Crippen molar-refractivity contribution in [1.82, 2.24) is 19.1 Å². The molecular formula is C58H62N4. The number of aryl methyl sites for hydroxylation is 4. The Kier molecular flexibility index (Phi) is 10.9. The lowest BCUT2D eigenvalue weighted by molar-refractivity contribution is 0.524. The average Bonchev–Trinajstić information content (AvgIpc) is 3.75. The highest BCUT2D eigenvalue weighted by molar-refractivity contribution is 5.88. The van der Waals surface area contributed by atoms with Crippen LogP contribution in [0.2, 0.25) is 0 Å². The standard InChI is InChI=1S/C58H62N4/c1-35-33-37(3)49(39(5)47(35)41-25-27-42(28-26-41)48-36(2)34-38(4)50(40(48)6)57(7,8)9)55-59-51(53(61(55)13)45-23-19-16-20-24-45)44-29-31-46(32-30-44)54-52(43-21-17-15-18-22-43)60-56(62(54)14)58(10,11)12/h15-34H,1-14H3. The fourth-order valence-corrected chi connectivity index (χ4v) is 10.5. The molecule has 0 amide bonds. The number of hydrogen-bond donors (Lipinski definition) is 0. The highest BCUT2D eigenvalue weighted by atomic mass is 15.1. The largest absolute Gasteiger partial charge is 0.330 e. The highest BCUT2D eigenvalue weighted by Gasteiger charge is 2.28. The Labute approximate surface area is 370 Å². The predicted octanol–water partition coefficient (Wildman–Crippen LogP) is 15.3. The third-order valence-electron chi connectivity index (χ3n) is 12.8. The van der Waals surface area contributed by atoms with Gasteiger partial charge in [0.2, 0.25) is 0 Å². The molecule has 0 spiro atoms. The van der Waals surface area contributed by atoms with Crippen molar-refractivity contribution in [1.29, 1.82) is 0 Å². The smallest absolute Gasteiger partial charge is 0.141 e. The molecule has 4 heteroatoms. The van der Waals surface area contributed by atoms with Gasteiger partial charge in [0.25, 0.3) is 0 Å². The van der Waals surface area contributed by atoms with E-state index in [1.807, 2.05) is 0 Å². The SMILES string of the molecule is Cc1cc(C)c(-c2nc(-c3ccc(-c4c(-c5ccccc5)nc(C(C)(C)C)n4C)cc3)c(-c3ccccc3)n2C)c(C)c1-c1ccc(-c2c(C)cc(C)c(C(C)(C)C)c2C)cc1. The van der Waals surface area contributed by atoms with E-state index in [2.05, 4.69) is 228 Å². The summed E-state index contributed by atoms with van der Waals surface area (Å²) in [6, 6.07) is 44.1. The third-order valence-corrected chi connectivity index (χ3v) is 12.8. The molecule has 0 N–H and O–H groups in total. The summed E-state index contributed by atoms with van der Waals surface area (Å²) in [4.78, 5) is 10.8. The van der Waals surface area contributed by atoms with Crippen LogP contribution in [0.25, 0.3) is 78.7 Å². The van der Waals surface area contributed by atoms with Crippen molar-refractivity contribution in [3.05, 3.63) is 166 Å². The molecule has 0 aliphatic carbocycles. The normalized spacial score (nSPS) is 12.0. The first kappa shape index (κ1) is 42.4. The molecule has 0 fully saturated rings. The van der Waals surface area contributed by atoms with Crippen molar-refractivity contribution in [2.75, 3.05) is 0 Å². The summed E-state index contributed by atoms with van der Waals surface area (Å²) in [5, 5.41) is 0. The van der Waals surface area contributed by atoms with E-state index in [1.165, 1.54) is 66.8 Å². The summed E-state index contributed by atoms with van der Waals surface area (Å²) in [7, 11) is 4.31. The lowest BCUT2D eigenvalue weighted by atomic mass is 9.77. The maximum Gasteiger partial charge on any atom is 0.141 e. The monoisotopic (exact) mass is 814 g/mol. The lowest BCUT2D eigenvalue weighted by Gasteiger charge is -2.27. The van der Waals surface area contributed by atoms with Gasteiger partial charge in [-0.25, -0.2) is 9.97 Å². The second-order valence-corrected chi connectivity index (χ2v) is 19.5. The number of imidazole rings is 2. The van der Waals surface area contributed by atoms with E-state index in [1.54, 1.807) is 0 Å². The van der Waals surface area contributed by atoms with Gasteiger partial charge < -0.3 is 9.13 Å². The van der Waals surface area contributed by atoms with Gasteiger partial charge in [-0.1, -0.05) is 163 Å². The molecule has 62 heavy (non-hydrogen) atoms. The van der Waals surface area contributed by atoms with E-state index in [0.29, 0.717) is 0 Å². The minimum atomic E-state index is -0.114. The molecule has 0 radical (unpaired) electrons. The first-order valence-electron chi connectivity index (χ1n) is 22.1. The maximum atomic E-state index is 5.59. The van der Waals surface area contributed by atoms with Crippen molar-refractivity contribution >= 4 is 0 Å². The van der Waals surface area contributed by atoms with Crippen LogP contribution < -0.4 is 0 Å². The van der Waals surface area contributed by atoms with Crippen molar-refractivity contribution in [3.8, 4) is 78.7 Å². The molecule has 0 saturated carbocycles. The fourth-order valence-electron chi connectivity index (χ4n) is 10.5. The first-order valence-corrected chi connectivity index (χ1v) is 22.1. The van der Waals surface area contributed by atoms with Crippen LogP contribution in [0.15, 0.2) is 121 Å². The number of hydrogen-bond acceptors (Lipinski definition) is 2. The van der Waals surface area contributed by atoms with Gasteiger partial charge in [-0.15, -0.1) is 0 Å². The second-order valence-electron chi connectivity index (χ2n) is 19.5. The second kappa shape index (κ2) is 15.9. The molecule has 8 rings (SSSR count). The van der Waals surface area contributed by atoms with Crippen LogP contribution in [0.4, 0.5) is 0 Å².